The second-order valence-corrected chi connectivity index (χ2v) is 14.6. The van der Waals surface area contributed by atoms with Crippen molar-refractivity contribution < 1.29 is 17.4 Å². The number of carbonyl (C=O) groups excluding carboxylic acids is 1. The molecule has 1 aromatic heterocycles. The highest BCUT2D eigenvalue weighted by Gasteiger charge is 2.21. The minimum absolute atomic E-state index is 0.0287. The summed E-state index contributed by atoms with van der Waals surface area (Å²) in [6.07, 6.45) is 19.4. The third-order valence-electron chi connectivity index (χ3n) is 9.27. The number of pyridine rings is 1. The van der Waals surface area contributed by atoms with Gasteiger partial charge in [0.15, 0.2) is 0 Å². The van der Waals surface area contributed by atoms with Crippen molar-refractivity contribution >= 4 is 21.8 Å². The summed E-state index contributed by atoms with van der Waals surface area (Å²) in [6, 6.07) is 11.3. The second-order valence-electron chi connectivity index (χ2n) is 13.0. The molecule has 1 aliphatic rings. The van der Waals surface area contributed by atoms with Crippen LogP contribution < -0.4 is 10.2 Å². The van der Waals surface area contributed by atoms with Crippen molar-refractivity contribution in [2.45, 2.75) is 128 Å². The van der Waals surface area contributed by atoms with Crippen LogP contribution in [0.2, 0.25) is 0 Å². The Labute approximate surface area is 279 Å². The molecule has 0 radical (unpaired) electrons. The Morgan fingerprint density at radius 3 is 1.87 bits per heavy atom. The molecule has 1 saturated heterocycles. The van der Waals surface area contributed by atoms with E-state index in [0.717, 1.165) is 76.2 Å². The molecule has 1 unspecified atom stereocenters. The fourth-order valence-electron chi connectivity index (χ4n) is 5.95. The highest BCUT2D eigenvalue weighted by Crippen LogP contribution is 2.18. The molecular formula is C37H60N4O4S. The first-order valence-electron chi connectivity index (χ1n) is 18.0. The number of unbranched alkanes of at least 4 members (excludes halogenated alkanes) is 13. The molecule has 0 spiro atoms. The molecular weight excluding hydrogens is 596 g/mol. The summed E-state index contributed by atoms with van der Waals surface area (Å²) >= 11 is 0. The molecule has 9 heteroatoms. The van der Waals surface area contributed by atoms with Gasteiger partial charge < -0.3 is 10.2 Å². The van der Waals surface area contributed by atoms with E-state index >= 15 is 0 Å². The Morgan fingerprint density at radius 2 is 1.35 bits per heavy atom. The molecule has 1 aromatic carbocycles. The molecule has 2 aromatic rings. The van der Waals surface area contributed by atoms with E-state index in [1.165, 1.54) is 64.2 Å². The standard InChI is InChI=1S/C37H60N4O4S/c1-4-33(3)40-26-28-41(29-27-40)36-24-21-34(31-39-36)37(42)38-25-17-15-13-11-9-7-5-6-8-10-12-14-16-18-30-45-46(43,44)35-22-19-32(2)20-23-35/h19-24,31,33H,4-18,25-30H2,1-3H3,(H,38,42). The van der Waals surface area contributed by atoms with Crippen molar-refractivity contribution in [2.24, 2.45) is 0 Å². The molecule has 0 aliphatic carbocycles. The van der Waals surface area contributed by atoms with Gasteiger partial charge in [-0.15, -0.1) is 0 Å². The monoisotopic (exact) mass is 656 g/mol. The summed E-state index contributed by atoms with van der Waals surface area (Å²) in [5.74, 6) is 0.934. The van der Waals surface area contributed by atoms with Crippen molar-refractivity contribution in [3.8, 4) is 0 Å². The molecule has 1 fully saturated rings. The van der Waals surface area contributed by atoms with Crippen LogP contribution in [-0.4, -0.2) is 69.6 Å². The van der Waals surface area contributed by atoms with Crippen molar-refractivity contribution in [1.29, 1.82) is 0 Å². The number of amides is 1. The lowest BCUT2D eigenvalue weighted by molar-refractivity contribution is 0.0952. The number of benzene rings is 1. The second kappa shape index (κ2) is 21.4. The molecule has 8 nitrogen and oxygen atoms in total. The topological polar surface area (TPSA) is 91.8 Å². The summed E-state index contributed by atoms with van der Waals surface area (Å²) in [6.45, 7) is 11.5. The molecule has 0 saturated carbocycles. The van der Waals surface area contributed by atoms with Crippen molar-refractivity contribution in [2.75, 3.05) is 44.2 Å². The van der Waals surface area contributed by atoms with Gasteiger partial charge in [-0.3, -0.25) is 13.9 Å². The first-order valence-corrected chi connectivity index (χ1v) is 19.4. The maximum absolute atomic E-state index is 12.5. The Balaban J connectivity index is 1.08. The quantitative estimate of drug-likeness (QED) is 0.0960. The van der Waals surface area contributed by atoms with Crippen molar-refractivity contribution in [1.82, 2.24) is 15.2 Å². The van der Waals surface area contributed by atoms with Crippen LogP contribution in [0.5, 0.6) is 0 Å². The van der Waals surface area contributed by atoms with Gasteiger partial charge in [-0.05, 0) is 57.4 Å². The molecule has 1 atom stereocenters. The molecule has 2 heterocycles. The average Bonchev–Trinajstić information content (AvgIpc) is 3.07. The Hall–Kier alpha value is -2.49. The van der Waals surface area contributed by atoms with Crippen molar-refractivity contribution in [3.05, 3.63) is 53.7 Å². The van der Waals surface area contributed by atoms with Crippen LogP contribution in [0.15, 0.2) is 47.5 Å². The largest absolute Gasteiger partial charge is 0.354 e. The first-order chi connectivity index (χ1) is 22.3. The van der Waals surface area contributed by atoms with Crippen LogP contribution in [0.25, 0.3) is 0 Å². The maximum Gasteiger partial charge on any atom is 0.296 e. The predicted molar refractivity (Wildman–Crippen MR) is 189 cm³/mol. The third kappa shape index (κ3) is 14.1. The van der Waals surface area contributed by atoms with Gasteiger partial charge in [0.05, 0.1) is 17.1 Å². The zero-order valence-corrected chi connectivity index (χ0v) is 29.7. The lowest BCUT2D eigenvalue weighted by Gasteiger charge is -2.38. The molecule has 3 rings (SSSR count). The van der Waals surface area contributed by atoms with Gasteiger partial charge in [-0.1, -0.05) is 102 Å². The minimum Gasteiger partial charge on any atom is -0.354 e. The van der Waals surface area contributed by atoms with E-state index in [2.05, 4.69) is 33.9 Å². The van der Waals surface area contributed by atoms with E-state index in [4.69, 9.17) is 4.18 Å². The summed E-state index contributed by atoms with van der Waals surface area (Å²) in [7, 11) is -3.64. The lowest BCUT2D eigenvalue weighted by atomic mass is 10.0. The van der Waals surface area contributed by atoms with Crippen molar-refractivity contribution in [3.63, 3.8) is 0 Å². The molecule has 1 amide bonds. The van der Waals surface area contributed by atoms with Gasteiger partial charge >= 0.3 is 0 Å². The number of nitrogens with one attached hydrogen (secondary N) is 1. The number of nitrogens with zero attached hydrogens (tertiary/aromatic N) is 3. The summed E-state index contributed by atoms with van der Waals surface area (Å²) in [5.41, 5.74) is 1.67. The van der Waals surface area contributed by atoms with E-state index in [0.29, 0.717) is 11.6 Å². The molecule has 1 aliphatic heterocycles. The molecule has 1 N–H and O–H groups in total. The van der Waals surface area contributed by atoms with Crippen LogP contribution in [0.1, 0.15) is 126 Å². The fourth-order valence-corrected chi connectivity index (χ4v) is 6.89. The Kier molecular flexibility index (Phi) is 17.7. The van der Waals surface area contributed by atoms with E-state index < -0.39 is 10.1 Å². The number of hydrogen-bond acceptors (Lipinski definition) is 7. The fraction of sp³-hybridized carbons (Fsp3) is 0.676. The summed E-state index contributed by atoms with van der Waals surface area (Å²) < 4.78 is 29.6. The maximum atomic E-state index is 12.5. The van der Waals surface area contributed by atoms with Crippen LogP contribution >= 0.6 is 0 Å². The lowest BCUT2D eigenvalue weighted by Crippen LogP contribution is -2.49. The number of hydrogen-bond donors (Lipinski definition) is 1. The van der Waals surface area contributed by atoms with E-state index in [-0.39, 0.29) is 17.4 Å². The molecule has 46 heavy (non-hydrogen) atoms. The van der Waals surface area contributed by atoms with E-state index in [1.54, 1.807) is 30.5 Å². The highest BCUT2D eigenvalue weighted by molar-refractivity contribution is 7.86. The minimum atomic E-state index is -3.64. The van der Waals surface area contributed by atoms with Crippen LogP contribution in [0.3, 0.4) is 0 Å². The van der Waals surface area contributed by atoms with Gasteiger partial charge in [0.25, 0.3) is 16.0 Å². The van der Waals surface area contributed by atoms with Gasteiger partial charge in [0.1, 0.15) is 5.82 Å². The number of carbonyl (C=O) groups is 1. The number of rotatable bonds is 23. The zero-order valence-electron chi connectivity index (χ0n) is 28.9. The number of aromatic nitrogens is 1. The highest BCUT2D eigenvalue weighted by atomic mass is 32.2. The molecule has 0 bridgehead atoms. The number of anilines is 1. The van der Waals surface area contributed by atoms with Crippen LogP contribution in [0, 0.1) is 6.92 Å². The van der Waals surface area contributed by atoms with Gasteiger partial charge in [-0.25, -0.2) is 4.98 Å². The molecule has 258 valence electrons. The average molecular weight is 657 g/mol. The van der Waals surface area contributed by atoms with E-state index in [9.17, 15) is 13.2 Å². The van der Waals surface area contributed by atoms with E-state index in [1.807, 2.05) is 19.1 Å². The normalized spacial score (nSPS) is 14.8. The SMILES string of the molecule is CCC(C)N1CCN(c2ccc(C(=O)NCCCCCCCCCCCCCCCCOS(=O)(=O)c3ccc(C)cc3)cn2)CC1. The van der Waals surface area contributed by atoms with Crippen LogP contribution in [-0.2, 0) is 14.3 Å². The van der Waals surface area contributed by atoms with Gasteiger partial charge in [-0.2, -0.15) is 8.42 Å². The first kappa shape index (κ1) is 38.0. The Morgan fingerprint density at radius 1 is 0.804 bits per heavy atom. The summed E-state index contributed by atoms with van der Waals surface area (Å²) in [5, 5.41) is 3.06. The zero-order chi connectivity index (χ0) is 33.0. The number of piperazine rings is 1. The Bertz CT molecular complexity index is 1210. The smallest absolute Gasteiger partial charge is 0.296 e. The predicted octanol–water partition coefficient (Wildman–Crippen LogP) is 7.91. The van der Waals surface area contributed by atoms with Crippen LogP contribution in [0.4, 0.5) is 5.82 Å². The third-order valence-corrected chi connectivity index (χ3v) is 10.6. The van der Waals surface area contributed by atoms with Gasteiger partial charge in [0, 0.05) is 45.0 Å². The number of aryl methyl sites for hydroxylation is 1. The van der Waals surface area contributed by atoms with Gasteiger partial charge in [0.2, 0.25) is 0 Å². The summed E-state index contributed by atoms with van der Waals surface area (Å²) in [4.78, 5) is 22.2.